The Kier molecular flexibility index (Phi) is 18.1. The summed E-state index contributed by atoms with van der Waals surface area (Å²) in [5.74, 6) is 0. The second-order valence-corrected chi connectivity index (χ2v) is 14.6. The molecule has 0 atom stereocenters. The smallest absolute Gasteiger partial charge is 0.0722 e. The molecule has 1 heterocycles. The second kappa shape index (κ2) is 24.6. The lowest BCUT2D eigenvalue weighted by Gasteiger charge is -2.11. The molecule has 0 radical (unpaired) electrons. The van der Waals surface area contributed by atoms with E-state index in [-0.39, 0.29) is 0 Å². The zero-order valence-electron chi connectivity index (χ0n) is 36.7. The SMILES string of the molecule is C=C/C=C(\C=C(/C)C(=C)/C=C\C=C/CNC(/C=C\C)=C/C=C/CCC)c1ccc2c(c1)c1ccccc1n2-c1ccc(C(/C=C(\N)c2ccccc2)=N/C=C\C=C/C=C/C)cc1. The maximum atomic E-state index is 6.59. The van der Waals surface area contributed by atoms with Gasteiger partial charge in [0.25, 0.3) is 0 Å². The van der Waals surface area contributed by atoms with Crippen molar-refractivity contribution in [2.75, 3.05) is 6.54 Å². The van der Waals surface area contributed by atoms with Crippen LogP contribution < -0.4 is 11.1 Å². The first kappa shape index (κ1) is 45.7. The summed E-state index contributed by atoms with van der Waals surface area (Å²) < 4.78 is 2.32. The third-order valence-electron chi connectivity index (χ3n) is 10.0. The molecule has 4 aromatic carbocycles. The molecular formula is C58H60N4. The molecule has 0 saturated carbocycles. The van der Waals surface area contributed by atoms with Gasteiger partial charge in [-0.05, 0) is 110 Å². The van der Waals surface area contributed by atoms with Gasteiger partial charge < -0.3 is 15.6 Å². The molecule has 0 amide bonds. The summed E-state index contributed by atoms with van der Waals surface area (Å²) in [6, 6.07) is 33.8. The molecule has 0 fully saturated rings. The van der Waals surface area contributed by atoms with E-state index in [1.54, 1.807) is 6.20 Å². The molecule has 4 heteroatoms. The fourth-order valence-electron chi connectivity index (χ4n) is 6.78. The van der Waals surface area contributed by atoms with Crippen LogP contribution in [0.1, 0.15) is 57.2 Å². The van der Waals surface area contributed by atoms with E-state index < -0.39 is 0 Å². The molecule has 5 aromatic rings. The second-order valence-electron chi connectivity index (χ2n) is 14.6. The number of hydrogen-bond acceptors (Lipinski definition) is 3. The number of fused-ring (bicyclic) bond motifs is 3. The number of aromatic nitrogens is 1. The largest absolute Gasteiger partial charge is 0.398 e. The number of nitrogens with zero attached hydrogens (tertiary/aromatic N) is 2. The summed E-state index contributed by atoms with van der Waals surface area (Å²) in [5, 5.41) is 5.81. The van der Waals surface area contributed by atoms with E-state index in [0.29, 0.717) is 5.70 Å². The molecule has 3 N–H and O–H groups in total. The van der Waals surface area contributed by atoms with E-state index in [0.717, 1.165) is 80.9 Å². The van der Waals surface area contributed by atoms with Crippen molar-refractivity contribution in [1.82, 2.24) is 9.88 Å². The highest BCUT2D eigenvalue weighted by Gasteiger charge is 2.14. The number of allylic oxidation sites excluding steroid dienone is 20. The minimum atomic E-state index is 0.648. The van der Waals surface area contributed by atoms with Crippen LogP contribution in [-0.4, -0.2) is 16.8 Å². The molecule has 0 bridgehead atoms. The quantitative estimate of drug-likeness (QED) is 0.0607. The predicted octanol–water partition coefficient (Wildman–Crippen LogP) is 14.8. The molecule has 4 nitrogen and oxygen atoms in total. The molecule has 0 spiro atoms. The fourth-order valence-corrected chi connectivity index (χ4v) is 6.78. The molecule has 1 aromatic heterocycles. The summed E-state index contributed by atoms with van der Waals surface area (Å²) in [5.41, 5.74) is 18.5. The van der Waals surface area contributed by atoms with Gasteiger partial charge in [-0.15, -0.1) is 0 Å². The van der Waals surface area contributed by atoms with Gasteiger partial charge >= 0.3 is 0 Å². The van der Waals surface area contributed by atoms with Crippen LogP contribution in [-0.2, 0) is 0 Å². The van der Waals surface area contributed by atoms with Crippen molar-refractivity contribution in [3.05, 3.63) is 259 Å². The number of aliphatic imine (C=N–C) groups is 1. The van der Waals surface area contributed by atoms with Gasteiger partial charge in [-0.2, -0.15) is 0 Å². The topological polar surface area (TPSA) is 55.3 Å². The monoisotopic (exact) mass is 812 g/mol. The number of unbranched alkanes of at least 4 members (excludes halogenated alkanes) is 1. The minimum absolute atomic E-state index is 0.648. The average Bonchev–Trinajstić information content (AvgIpc) is 3.63. The van der Waals surface area contributed by atoms with Crippen LogP contribution in [0.5, 0.6) is 0 Å². The highest BCUT2D eigenvalue weighted by molar-refractivity contribution is 6.13. The lowest BCUT2D eigenvalue weighted by molar-refractivity contribution is 0.932. The van der Waals surface area contributed by atoms with E-state index >= 15 is 0 Å². The highest BCUT2D eigenvalue weighted by atomic mass is 15.0. The van der Waals surface area contributed by atoms with Crippen molar-refractivity contribution in [2.24, 2.45) is 10.7 Å². The zero-order chi connectivity index (χ0) is 43.9. The number of benzene rings is 4. The number of nitrogens with two attached hydrogens (primary N) is 1. The predicted molar refractivity (Wildman–Crippen MR) is 273 cm³/mol. The van der Waals surface area contributed by atoms with E-state index in [4.69, 9.17) is 10.7 Å². The third-order valence-corrected chi connectivity index (χ3v) is 10.0. The van der Waals surface area contributed by atoms with Crippen molar-refractivity contribution in [3.63, 3.8) is 0 Å². The number of rotatable bonds is 20. The van der Waals surface area contributed by atoms with E-state index in [1.165, 1.54) is 10.8 Å². The van der Waals surface area contributed by atoms with Crippen LogP contribution in [0.4, 0.5) is 0 Å². The first-order valence-corrected chi connectivity index (χ1v) is 21.3. The van der Waals surface area contributed by atoms with Crippen molar-refractivity contribution < 1.29 is 0 Å². The normalized spacial score (nSPS) is 13.9. The van der Waals surface area contributed by atoms with Gasteiger partial charge in [0.1, 0.15) is 0 Å². The van der Waals surface area contributed by atoms with Crippen molar-refractivity contribution in [3.8, 4) is 5.69 Å². The van der Waals surface area contributed by atoms with Crippen LogP contribution in [0.25, 0.3) is 38.8 Å². The van der Waals surface area contributed by atoms with Gasteiger partial charge in [0.05, 0.1) is 16.7 Å². The van der Waals surface area contributed by atoms with E-state index in [2.05, 4.69) is 158 Å². The van der Waals surface area contributed by atoms with Crippen molar-refractivity contribution >= 4 is 38.8 Å². The lowest BCUT2D eigenvalue weighted by atomic mass is 9.98. The van der Waals surface area contributed by atoms with Crippen LogP contribution in [0, 0.1) is 0 Å². The Bertz CT molecular complexity index is 2670. The van der Waals surface area contributed by atoms with Crippen molar-refractivity contribution in [2.45, 2.75) is 40.5 Å². The standard InChI is InChI=1S/C58H60N4/c1-7-11-13-15-24-41-61-56(44-55(59)47-29-19-16-20-30-47)48-34-37-52(38-35-48)62-57-33-23-22-32-53(57)54-43-50(36-39-58(54)62)49(26-9-3)42-46(6)45(5)28-18-17-25-40-60-51(27-10-4)31-21-14-12-8-2/h7,9-11,13-39,41-44,60H,3,5,8,12,40,59H2,1-2,4,6H3/b11-7+,15-13-,21-14+,25-17-,27-10-,28-18-,41-24-,46-42+,49-26+,51-31+,55-44-,61-56+. The first-order chi connectivity index (χ1) is 30.4. The van der Waals surface area contributed by atoms with Gasteiger partial charge in [0, 0.05) is 46.2 Å². The molecule has 5 rings (SSSR count). The Morgan fingerprint density at radius 3 is 2.21 bits per heavy atom. The minimum Gasteiger partial charge on any atom is -0.398 e. The van der Waals surface area contributed by atoms with Gasteiger partial charge in [-0.25, -0.2) is 0 Å². The fraction of sp³-hybridized carbons (Fsp3) is 0.121. The Labute approximate surface area is 370 Å². The Hall–Kier alpha value is -7.43. The van der Waals surface area contributed by atoms with Crippen LogP contribution >= 0.6 is 0 Å². The summed E-state index contributed by atoms with van der Waals surface area (Å²) in [6.45, 7) is 17.4. The van der Waals surface area contributed by atoms with Crippen LogP contribution in [0.2, 0.25) is 0 Å². The van der Waals surface area contributed by atoms with E-state index in [1.807, 2.05) is 98.9 Å². The molecule has 0 aliphatic carbocycles. The molecule has 0 aliphatic rings. The first-order valence-electron chi connectivity index (χ1n) is 21.3. The summed E-state index contributed by atoms with van der Waals surface area (Å²) in [6.07, 6.45) is 40.7. The molecule has 312 valence electrons. The van der Waals surface area contributed by atoms with Gasteiger partial charge in [-0.3, -0.25) is 4.99 Å². The summed E-state index contributed by atoms with van der Waals surface area (Å²) in [4.78, 5) is 4.83. The maximum absolute atomic E-state index is 6.59. The molecular weight excluding hydrogens is 753 g/mol. The highest BCUT2D eigenvalue weighted by Crippen LogP contribution is 2.35. The molecule has 0 saturated heterocycles. The molecule has 0 aliphatic heterocycles. The van der Waals surface area contributed by atoms with Crippen LogP contribution in [0.3, 0.4) is 0 Å². The zero-order valence-corrected chi connectivity index (χ0v) is 36.7. The van der Waals surface area contributed by atoms with Gasteiger partial charge in [-0.1, -0.05) is 178 Å². The van der Waals surface area contributed by atoms with Gasteiger partial charge in [0.2, 0.25) is 0 Å². The molecule has 62 heavy (non-hydrogen) atoms. The van der Waals surface area contributed by atoms with E-state index in [9.17, 15) is 0 Å². The average molecular weight is 813 g/mol. The van der Waals surface area contributed by atoms with Crippen molar-refractivity contribution in [1.29, 1.82) is 0 Å². The van der Waals surface area contributed by atoms with Gasteiger partial charge in [0.15, 0.2) is 0 Å². The Morgan fingerprint density at radius 1 is 0.710 bits per heavy atom. The summed E-state index contributed by atoms with van der Waals surface area (Å²) >= 11 is 0. The Morgan fingerprint density at radius 2 is 1.45 bits per heavy atom. The lowest BCUT2D eigenvalue weighted by Crippen LogP contribution is -2.10. The van der Waals surface area contributed by atoms with Crippen LogP contribution in [0.15, 0.2) is 248 Å². The number of para-hydroxylation sites is 1. The molecule has 0 unspecified atom stereocenters. The number of nitrogens with one attached hydrogen (secondary N) is 1. The third kappa shape index (κ3) is 13.0. The maximum Gasteiger partial charge on any atom is 0.0722 e. The summed E-state index contributed by atoms with van der Waals surface area (Å²) in [7, 11) is 0. The Balaban J connectivity index is 1.40. The number of hydrogen-bond donors (Lipinski definition) is 2.